The van der Waals surface area contributed by atoms with Crippen molar-refractivity contribution in [3.05, 3.63) is 84.9 Å². The summed E-state index contributed by atoms with van der Waals surface area (Å²) >= 11 is 0. The molecule has 0 atom stereocenters. The maximum atomic E-state index is 12.3. The van der Waals surface area contributed by atoms with E-state index in [2.05, 4.69) is 34.9 Å². The minimum Gasteiger partial charge on any atom is -0.326 e. The Morgan fingerprint density at radius 3 is 1.32 bits per heavy atom. The van der Waals surface area contributed by atoms with Gasteiger partial charge in [-0.1, -0.05) is 98.5 Å². The molecule has 4 nitrogen and oxygen atoms in total. The topological polar surface area (TPSA) is 58.2 Å². The van der Waals surface area contributed by atoms with Gasteiger partial charge in [-0.05, 0) is 35.7 Å². The fourth-order valence-electron chi connectivity index (χ4n) is 4.37. The van der Waals surface area contributed by atoms with Crippen molar-refractivity contribution in [2.75, 3.05) is 10.6 Å². The smallest absolute Gasteiger partial charge is 0.224 e. The van der Waals surface area contributed by atoms with Crippen LogP contribution in [0.1, 0.15) is 51.4 Å². The Morgan fingerprint density at radius 2 is 0.853 bits per heavy atom. The van der Waals surface area contributed by atoms with E-state index in [0.29, 0.717) is 12.8 Å². The van der Waals surface area contributed by atoms with E-state index in [1.54, 1.807) is 0 Å². The number of hydrogen-bond acceptors (Lipinski definition) is 2. The number of amides is 2. The van der Waals surface area contributed by atoms with Crippen LogP contribution in [-0.4, -0.2) is 11.8 Å². The van der Waals surface area contributed by atoms with Crippen LogP contribution < -0.4 is 10.6 Å². The summed E-state index contributed by atoms with van der Waals surface area (Å²) in [6.07, 6.45) is 7.10. The molecular formula is C30H32N2O2. The summed E-state index contributed by atoms with van der Waals surface area (Å²) < 4.78 is 0. The van der Waals surface area contributed by atoms with Crippen molar-refractivity contribution in [3.8, 4) is 0 Å². The molecule has 0 aliphatic heterocycles. The summed E-state index contributed by atoms with van der Waals surface area (Å²) in [4.78, 5) is 24.7. The van der Waals surface area contributed by atoms with Crippen LogP contribution in [0.2, 0.25) is 0 Å². The fourth-order valence-corrected chi connectivity index (χ4v) is 4.37. The molecule has 0 heterocycles. The lowest BCUT2D eigenvalue weighted by molar-refractivity contribution is -0.117. The Morgan fingerprint density at radius 1 is 0.471 bits per heavy atom. The second kappa shape index (κ2) is 12.0. The number of unbranched alkanes of at least 4 members (excludes halogenated alkanes) is 5. The van der Waals surface area contributed by atoms with E-state index in [1.807, 2.05) is 60.7 Å². The predicted molar refractivity (Wildman–Crippen MR) is 142 cm³/mol. The quantitative estimate of drug-likeness (QED) is 0.229. The molecule has 0 aliphatic rings. The number of benzene rings is 4. The van der Waals surface area contributed by atoms with Crippen LogP contribution in [0.5, 0.6) is 0 Å². The van der Waals surface area contributed by atoms with Crippen molar-refractivity contribution in [2.24, 2.45) is 0 Å². The minimum absolute atomic E-state index is 0.0708. The van der Waals surface area contributed by atoms with Gasteiger partial charge in [-0.15, -0.1) is 0 Å². The van der Waals surface area contributed by atoms with E-state index in [1.165, 1.54) is 0 Å². The largest absolute Gasteiger partial charge is 0.326 e. The SMILES string of the molecule is O=C(CCCCCCCCC(=O)Nc1cccc2ccccc12)Nc1cccc2ccccc12. The van der Waals surface area contributed by atoms with Crippen molar-refractivity contribution in [1.29, 1.82) is 0 Å². The van der Waals surface area contributed by atoms with Crippen molar-refractivity contribution in [2.45, 2.75) is 51.4 Å². The zero-order chi connectivity index (χ0) is 23.6. The molecule has 0 saturated carbocycles. The van der Waals surface area contributed by atoms with Crippen LogP contribution in [0.4, 0.5) is 11.4 Å². The summed E-state index contributed by atoms with van der Waals surface area (Å²) in [6, 6.07) is 28.1. The molecular weight excluding hydrogens is 420 g/mol. The Balaban J connectivity index is 1.08. The molecule has 0 radical (unpaired) electrons. The van der Waals surface area contributed by atoms with Crippen LogP contribution in [0.25, 0.3) is 21.5 Å². The lowest BCUT2D eigenvalue weighted by Gasteiger charge is -2.09. The Labute approximate surface area is 201 Å². The van der Waals surface area contributed by atoms with Crippen LogP contribution in [0.15, 0.2) is 84.9 Å². The standard InChI is InChI=1S/C30H32N2O2/c33-29(31-27-19-11-15-23-13-7-9-17-25(23)27)21-5-3-1-2-4-6-22-30(34)32-28-20-12-16-24-14-8-10-18-26(24)28/h7-20H,1-6,21-22H2,(H,31,33)(H,32,34). The molecule has 34 heavy (non-hydrogen) atoms. The maximum Gasteiger partial charge on any atom is 0.224 e. The minimum atomic E-state index is 0.0708. The zero-order valence-electron chi connectivity index (χ0n) is 19.6. The van der Waals surface area contributed by atoms with Gasteiger partial charge in [0.05, 0.1) is 0 Å². The predicted octanol–water partition coefficient (Wildman–Crippen LogP) is 7.69. The summed E-state index contributed by atoms with van der Waals surface area (Å²) in [5, 5.41) is 10.5. The maximum absolute atomic E-state index is 12.3. The van der Waals surface area contributed by atoms with Gasteiger partial charge in [-0.3, -0.25) is 9.59 Å². The third-order valence-electron chi connectivity index (χ3n) is 6.19. The molecule has 0 saturated heterocycles. The van der Waals surface area contributed by atoms with Gasteiger partial charge in [0.2, 0.25) is 11.8 Å². The molecule has 4 rings (SSSR count). The molecule has 174 valence electrons. The number of carbonyl (C=O) groups is 2. The Bertz CT molecular complexity index is 1160. The van der Waals surface area contributed by atoms with Crippen LogP contribution in [-0.2, 0) is 9.59 Å². The number of anilines is 2. The molecule has 4 aromatic carbocycles. The molecule has 4 aromatic rings. The van der Waals surface area contributed by atoms with Crippen molar-refractivity contribution >= 4 is 44.7 Å². The molecule has 0 aromatic heterocycles. The van der Waals surface area contributed by atoms with Crippen molar-refractivity contribution in [3.63, 3.8) is 0 Å². The van der Waals surface area contributed by atoms with Gasteiger partial charge in [0.25, 0.3) is 0 Å². The third-order valence-corrected chi connectivity index (χ3v) is 6.19. The number of hydrogen-bond donors (Lipinski definition) is 2. The van der Waals surface area contributed by atoms with Gasteiger partial charge in [0.1, 0.15) is 0 Å². The Hall–Kier alpha value is -3.66. The lowest BCUT2D eigenvalue weighted by Crippen LogP contribution is -2.11. The first-order valence-corrected chi connectivity index (χ1v) is 12.3. The first-order chi connectivity index (χ1) is 16.7. The molecule has 2 amide bonds. The van der Waals surface area contributed by atoms with Gasteiger partial charge < -0.3 is 10.6 Å². The number of carbonyl (C=O) groups excluding carboxylic acids is 2. The first-order valence-electron chi connectivity index (χ1n) is 12.3. The van der Waals surface area contributed by atoms with Crippen molar-refractivity contribution < 1.29 is 9.59 Å². The van der Waals surface area contributed by atoms with Gasteiger partial charge in [0.15, 0.2) is 0 Å². The zero-order valence-corrected chi connectivity index (χ0v) is 19.6. The average Bonchev–Trinajstić information content (AvgIpc) is 2.86. The van der Waals surface area contributed by atoms with Gasteiger partial charge in [-0.2, -0.15) is 0 Å². The molecule has 0 unspecified atom stereocenters. The molecule has 4 heteroatoms. The molecule has 2 N–H and O–H groups in total. The highest BCUT2D eigenvalue weighted by atomic mass is 16.2. The lowest BCUT2D eigenvalue weighted by atomic mass is 10.1. The van der Waals surface area contributed by atoms with E-state index < -0.39 is 0 Å². The highest BCUT2D eigenvalue weighted by Crippen LogP contribution is 2.24. The van der Waals surface area contributed by atoms with E-state index >= 15 is 0 Å². The normalized spacial score (nSPS) is 10.9. The highest BCUT2D eigenvalue weighted by Gasteiger charge is 2.07. The van der Waals surface area contributed by atoms with Crippen LogP contribution in [0, 0.1) is 0 Å². The summed E-state index contributed by atoms with van der Waals surface area (Å²) in [5.41, 5.74) is 1.76. The third kappa shape index (κ3) is 6.44. The van der Waals surface area contributed by atoms with Crippen LogP contribution >= 0.6 is 0 Å². The second-order valence-electron chi connectivity index (χ2n) is 8.77. The molecule has 0 spiro atoms. The molecule has 0 bridgehead atoms. The number of fused-ring (bicyclic) bond motifs is 2. The van der Waals surface area contributed by atoms with Crippen LogP contribution in [0.3, 0.4) is 0 Å². The van der Waals surface area contributed by atoms with Gasteiger partial charge >= 0.3 is 0 Å². The highest BCUT2D eigenvalue weighted by molar-refractivity contribution is 6.03. The molecule has 0 aliphatic carbocycles. The van der Waals surface area contributed by atoms with E-state index in [0.717, 1.165) is 71.4 Å². The van der Waals surface area contributed by atoms with Gasteiger partial charge in [-0.25, -0.2) is 0 Å². The first kappa shape index (κ1) is 23.5. The molecule has 0 fully saturated rings. The van der Waals surface area contributed by atoms with E-state index in [-0.39, 0.29) is 11.8 Å². The monoisotopic (exact) mass is 452 g/mol. The summed E-state index contributed by atoms with van der Waals surface area (Å²) in [7, 11) is 0. The van der Waals surface area contributed by atoms with E-state index in [9.17, 15) is 9.59 Å². The Kier molecular flexibility index (Phi) is 8.28. The summed E-state index contributed by atoms with van der Waals surface area (Å²) in [5.74, 6) is 0.142. The van der Waals surface area contributed by atoms with E-state index in [4.69, 9.17) is 0 Å². The van der Waals surface area contributed by atoms with Gasteiger partial charge in [0, 0.05) is 35.0 Å². The van der Waals surface area contributed by atoms with Crippen molar-refractivity contribution in [1.82, 2.24) is 0 Å². The number of nitrogens with one attached hydrogen (secondary N) is 2. The number of rotatable bonds is 11. The fraction of sp³-hybridized carbons (Fsp3) is 0.267. The second-order valence-corrected chi connectivity index (χ2v) is 8.77. The summed E-state index contributed by atoms with van der Waals surface area (Å²) in [6.45, 7) is 0. The average molecular weight is 453 g/mol.